The predicted octanol–water partition coefficient (Wildman–Crippen LogP) is 0.285. The lowest BCUT2D eigenvalue weighted by molar-refractivity contribution is -0.176. The molecule has 1 aromatic carbocycles. The van der Waals surface area contributed by atoms with Gasteiger partial charge in [-0.2, -0.15) is 0 Å². The predicted molar refractivity (Wildman–Crippen MR) is 117 cm³/mol. The van der Waals surface area contributed by atoms with E-state index < -0.39 is 35.8 Å². The van der Waals surface area contributed by atoms with E-state index in [1.165, 1.54) is 11.9 Å². The molecule has 176 valence electrons. The van der Waals surface area contributed by atoms with Crippen LogP contribution in [0.1, 0.15) is 54.9 Å². The van der Waals surface area contributed by atoms with Crippen LogP contribution in [-0.4, -0.2) is 70.4 Å². The number of aldehydes is 1. The number of hydrazine groups is 1. The Kier molecular flexibility index (Phi) is 7.57. The van der Waals surface area contributed by atoms with Gasteiger partial charge in [0.1, 0.15) is 24.2 Å². The molecule has 0 radical (unpaired) electrons. The van der Waals surface area contributed by atoms with Crippen LogP contribution in [0.4, 0.5) is 0 Å². The van der Waals surface area contributed by atoms with E-state index in [1.54, 1.807) is 31.2 Å². The number of carbonyl (C=O) groups excluding carboxylic acids is 6. The third-order valence-corrected chi connectivity index (χ3v) is 5.86. The summed E-state index contributed by atoms with van der Waals surface area (Å²) in [4.78, 5) is 74.6. The van der Waals surface area contributed by atoms with Crippen molar-refractivity contribution in [2.75, 3.05) is 6.54 Å². The van der Waals surface area contributed by atoms with Gasteiger partial charge in [0.15, 0.2) is 0 Å². The second-order valence-electron chi connectivity index (χ2n) is 8.39. The number of hydrogen-bond donors (Lipinski definition) is 2. The van der Waals surface area contributed by atoms with Crippen LogP contribution in [0.3, 0.4) is 0 Å². The zero-order chi connectivity index (χ0) is 24.1. The van der Waals surface area contributed by atoms with Crippen molar-refractivity contribution < 1.29 is 28.8 Å². The largest absolute Gasteiger partial charge is 0.344 e. The fourth-order valence-electron chi connectivity index (χ4n) is 4.19. The Morgan fingerprint density at radius 2 is 1.91 bits per heavy atom. The normalized spacial score (nSPS) is 21.5. The number of aryl methyl sites for hydroxylation is 1. The van der Waals surface area contributed by atoms with Gasteiger partial charge >= 0.3 is 0 Å². The van der Waals surface area contributed by atoms with Crippen molar-refractivity contribution in [3.05, 3.63) is 35.4 Å². The van der Waals surface area contributed by atoms with Crippen LogP contribution in [0.15, 0.2) is 24.3 Å². The Morgan fingerprint density at radius 1 is 1.18 bits per heavy atom. The number of hydrogen-bond acceptors (Lipinski definition) is 6. The van der Waals surface area contributed by atoms with Crippen molar-refractivity contribution in [2.45, 2.75) is 64.1 Å². The Hall–Kier alpha value is -3.56. The number of carbonyl (C=O) groups is 6. The Morgan fingerprint density at radius 3 is 2.58 bits per heavy atom. The fraction of sp³-hybridized carbons (Fsp3) is 0.478. The minimum atomic E-state index is -1.03. The van der Waals surface area contributed by atoms with Gasteiger partial charge in [0.05, 0.1) is 6.04 Å². The quantitative estimate of drug-likeness (QED) is 0.567. The minimum absolute atomic E-state index is 0.0383. The van der Waals surface area contributed by atoms with E-state index in [1.807, 2.05) is 0 Å². The van der Waals surface area contributed by atoms with E-state index in [0.29, 0.717) is 18.3 Å². The lowest BCUT2D eigenvalue weighted by Gasteiger charge is -2.43. The second-order valence-corrected chi connectivity index (χ2v) is 8.39. The average Bonchev–Trinajstić information content (AvgIpc) is 2.90. The molecule has 2 aliphatic heterocycles. The molecule has 0 unspecified atom stereocenters. The van der Waals surface area contributed by atoms with Crippen LogP contribution in [0.2, 0.25) is 0 Å². The maximum absolute atomic E-state index is 13.4. The van der Waals surface area contributed by atoms with Crippen LogP contribution in [0.25, 0.3) is 0 Å². The van der Waals surface area contributed by atoms with Crippen LogP contribution >= 0.6 is 0 Å². The molecule has 3 rings (SSSR count). The highest BCUT2D eigenvalue weighted by atomic mass is 16.2. The van der Waals surface area contributed by atoms with Crippen LogP contribution in [0, 0.1) is 6.92 Å². The van der Waals surface area contributed by atoms with E-state index in [4.69, 9.17) is 0 Å². The summed E-state index contributed by atoms with van der Waals surface area (Å²) in [6, 6.07) is 3.92. The topological polar surface area (TPSA) is 133 Å². The molecule has 0 bridgehead atoms. The lowest BCUT2D eigenvalue weighted by Crippen LogP contribution is -2.64. The molecule has 0 aromatic heterocycles. The highest BCUT2D eigenvalue weighted by Gasteiger charge is 2.44. The molecule has 2 N–H and O–H groups in total. The molecule has 2 saturated heterocycles. The van der Waals surface area contributed by atoms with Gasteiger partial charge in [-0.15, -0.1) is 0 Å². The van der Waals surface area contributed by atoms with Crippen LogP contribution < -0.4 is 10.6 Å². The molecule has 3 atom stereocenters. The van der Waals surface area contributed by atoms with Gasteiger partial charge in [0.2, 0.25) is 11.8 Å². The lowest BCUT2D eigenvalue weighted by atomic mass is 10.0. The Labute approximate surface area is 191 Å². The first-order valence-electron chi connectivity index (χ1n) is 11.0. The summed E-state index contributed by atoms with van der Waals surface area (Å²) in [6.07, 6.45) is 1.24. The summed E-state index contributed by atoms with van der Waals surface area (Å²) < 4.78 is 0. The highest BCUT2D eigenvalue weighted by molar-refractivity contribution is 6.00. The van der Waals surface area contributed by atoms with Gasteiger partial charge in [0, 0.05) is 24.9 Å². The van der Waals surface area contributed by atoms with E-state index >= 15 is 0 Å². The van der Waals surface area contributed by atoms with Crippen molar-refractivity contribution in [3.63, 3.8) is 0 Å². The molecule has 0 spiro atoms. The van der Waals surface area contributed by atoms with Crippen molar-refractivity contribution in [1.29, 1.82) is 0 Å². The van der Waals surface area contributed by atoms with E-state index in [0.717, 1.165) is 10.6 Å². The fourth-order valence-corrected chi connectivity index (χ4v) is 4.19. The van der Waals surface area contributed by atoms with Gasteiger partial charge < -0.3 is 15.4 Å². The standard InChI is InChI=1S/C23H28N4O6/c1-14-6-3-4-7-17(14)21(31)25-18-9-10-20(30)26-11-5-8-19(27(26)23(18)33)22(32)24-16(13-28)12-15(2)29/h3-4,6-7,13,16,18-19H,5,8-12H2,1-2H3,(H,24,32)(H,25,31)/t16-,18-,19-/m0/s1. The maximum Gasteiger partial charge on any atom is 0.264 e. The molecule has 10 heteroatoms. The smallest absolute Gasteiger partial charge is 0.264 e. The molecule has 2 aliphatic rings. The first kappa shape index (κ1) is 24.1. The summed E-state index contributed by atoms with van der Waals surface area (Å²) >= 11 is 0. The summed E-state index contributed by atoms with van der Waals surface area (Å²) in [7, 11) is 0. The number of amides is 4. The molecular weight excluding hydrogens is 428 g/mol. The van der Waals surface area contributed by atoms with Gasteiger partial charge in [-0.1, -0.05) is 18.2 Å². The number of rotatable bonds is 7. The van der Waals surface area contributed by atoms with E-state index in [9.17, 15) is 28.8 Å². The van der Waals surface area contributed by atoms with Gasteiger partial charge in [-0.25, -0.2) is 5.01 Å². The SMILES string of the molecule is CC(=O)C[C@@H](C=O)NC(=O)[C@@H]1CCCN2C(=O)CC[C@H](NC(=O)c3ccccc3C)C(=O)N12. The zero-order valence-corrected chi connectivity index (χ0v) is 18.7. The summed E-state index contributed by atoms with van der Waals surface area (Å²) in [6.45, 7) is 3.37. The molecule has 2 fully saturated rings. The molecule has 10 nitrogen and oxygen atoms in total. The third kappa shape index (κ3) is 5.44. The highest BCUT2D eigenvalue weighted by Crippen LogP contribution is 2.25. The van der Waals surface area contributed by atoms with Crippen LogP contribution in [0.5, 0.6) is 0 Å². The van der Waals surface area contributed by atoms with Gasteiger partial charge in [0.25, 0.3) is 11.8 Å². The van der Waals surface area contributed by atoms with Crippen molar-refractivity contribution in [2.24, 2.45) is 0 Å². The van der Waals surface area contributed by atoms with Crippen LogP contribution in [-0.2, 0) is 24.0 Å². The van der Waals surface area contributed by atoms with E-state index in [-0.39, 0.29) is 43.9 Å². The first-order valence-corrected chi connectivity index (χ1v) is 11.0. The average molecular weight is 456 g/mol. The number of fused-ring (bicyclic) bond motifs is 1. The molecule has 2 heterocycles. The van der Waals surface area contributed by atoms with Crippen molar-refractivity contribution >= 4 is 35.7 Å². The first-order chi connectivity index (χ1) is 15.7. The monoisotopic (exact) mass is 456 g/mol. The number of benzene rings is 1. The summed E-state index contributed by atoms with van der Waals surface area (Å²) in [5, 5.41) is 7.59. The van der Waals surface area contributed by atoms with Crippen molar-refractivity contribution in [1.82, 2.24) is 20.7 Å². The molecular formula is C23H28N4O6. The molecule has 0 aliphatic carbocycles. The minimum Gasteiger partial charge on any atom is -0.344 e. The Bertz CT molecular complexity index is 977. The summed E-state index contributed by atoms with van der Waals surface area (Å²) in [5.74, 6) is -2.20. The second kappa shape index (κ2) is 10.4. The Balaban J connectivity index is 1.82. The molecule has 4 amide bonds. The van der Waals surface area contributed by atoms with E-state index in [2.05, 4.69) is 10.6 Å². The summed E-state index contributed by atoms with van der Waals surface area (Å²) in [5.41, 5.74) is 1.16. The van der Waals surface area contributed by atoms with Crippen molar-refractivity contribution in [3.8, 4) is 0 Å². The molecule has 33 heavy (non-hydrogen) atoms. The molecule has 0 saturated carbocycles. The van der Waals surface area contributed by atoms with Gasteiger partial charge in [-0.3, -0.25) is 29.0 Å². The number of Topliss-reactive ketones (excluding diaryl/α,β-unsaturated/α-hetero) is 1. The third-order valence-electron chi connectivity index (χ3n) is 5.86. The number of nitrogens with one attached hydrogen (secondary N) is 2. The zero-order valence-electron chi connectivity index (χ0n) is 18.7. The number of nitrogens with zero attached hydrogens (tertiary/aromatic N) is 2. The van der Waals surface area contributed by atoms with Gasteiger partial charge in [-0.05, 0) is 44.7 Å². The number of ketones is 1. The maximum atomic E-state index is 13.4. The molecule has 1 aromatic rings.